The van der Waals surface area contributed by atoms with E-state index in [1.807, 2.05) is 25.5 Å². The summed E-state index contributed by atoms with van der Waals surface area (Å²) in [5, 5.41) is -0.279. The van der Waals surface area contributed by atoms with Crippen LogP contribution in [0.3, 0.4) is 0 Å². The summed E-state index contributed by atoms with van der Waals surface area (Å²) in [5.74, 6) is -0.884. The summed E-state index contributed by atoms with van der Waals surface area (Å²) < 4.78 is 53.3. The van der Waals surface area contributed by atoms with Crippen LogP contribution >= 0.6 is 0 Å². The summed E-state index contributed by atoms with van der Waals surface area (Å²) >= 11 is 0. The lowest BCUT2D eigenvalue weighted by molar-refractivity contribution is 0.0973. The topological polar surface area (TPSA) is 107 Å². The third-order valence-corrected chi connectivity index (χ3v) is 6.34. The molecule has 0 fully saturated rings. The van der Waals surface area contributed by atoms with Crippen molar-refractivity contribution in [2.24, 2.45) is 5.92 Å². The van der Waals surface area contributed by atoms with E-state index in [1.54, 1.807) is 26.0 Å². The largest absolute Gasteiger partial charge is 0.493 e. The van der Waals surface area contributed by atoms with Gasteiger partial charge in [0.05, 0.1) is 18.4 Å². The highest BCUT2D eigenvalue weighted by molar-refractivity contribution is 7.90. The van der Waals surface area contributed by atoms with E-state index in [2.05, 4.69) is 9.97 Å². The second-order valence-corrected chi connectivity index (χ2v) is 10.4. The highest BCUT2D eigenvalue weighted by atomic mass is 32.2. The molecule has 10 heteroatoms. The van der Waals surface area contributed by atoms with Crippen LogP contribution in [-0.2, 0) is 10.0 Å². The van der Waals surface area contributed by atoms with Crippen LogP contribution in [0.5, 0.6) is 11.6 Å². The first-order valence-electron chi connectivity index (χ1n) is 11.6. The van der Waals surface area contributed by atoms with Crippen molar-refractivity contribution in [2.75, 3.05) is 6.61 Å². The molecule has 1 amide bonds. The highest BCUT2D eigenvalue weighted by Crippen LogP contribution is 2.29. The summed E-state index contributed by atoms with van der Waals surface area (Å²) in [6.07, 6.45) is 0.304. The Morgan fingerprint density at radius 3 is 2.53 bits per heavy atom. The van der Waals surface area contributed by atoms with Crippen LogP contribution in [0, 0.1) is 18.7 Å². The summed E-state index contributed by atoms with van der Waals surface area (Å²) in [5.41, 5.74) is 1.17. The Bertz CT molecular complexity index is 1360. The van der Waals surface area contributed by atoms with Gasteiger partial charge in [-0.1, -0.05) is 26.8 Å². The molecule has 1 atom stereocenters. The second kappa shape index (κ2) is 11.5. The molecular formula is C26H34FN3O5S. The van der Waals surface area contributed by atoms with E-state index in [0.29, 0.717) is 35.7 Å². The SMILES string of the molecule is CC[C@H](C)Oc1nc(-c2cc(F)cc(OCC(C)C)c2)ccc1C(=O)NS(=O)(=O)c1cccc(C)n1.[HH].[HH]. The summed E-state index contributed by atoms with van der Waals surface area (Å²) in [4.78, 5) is 21.4. The first-order valence-corrected chi connectivity index (χ1v) is 13.1. The van der Waals surface area contributed by atoms with Crippen molar-refractivity contribution in [3.63, 3.8) is 0 Å². The quantitative estimate of drug-likeness (QED) is 0.381. The smallest absolute Gasteiger partial charge is 0.281 e. The fourth-order valence-electron chi connectivity index (χ4n) is 3.09. The van der Waals surface area contributed by atoms with Gasteiger partial charge in [-0.05, 0) is 62.6 Å². The van der Waals surface area contributed by atoms with Gasteiger partial charge in [-0.3, -0.25) is 4.79 Å². The third kappa shape index (κ3) is 7.00. The van der Waals surface area contributed by atoms with Crippen LogP contribution in [0.4, 0.5) is 4.39 Å². The molecule has 0 radical (unpaired) electrons. The average Bonchev–Trinajstić information content (AvgIpc) is 2.82. The zero-order valence-electron chi connectivity index (χ0n) is 20.9. The maximum atomic E-state index is 14.3. The number of sulfonamides is 1. The van der Waals surface area contributed by atoms with Gasteiger partial charge < -0.3 is 9.47 Å². The number of ether oxygens (including phenoxy) is 2. The highest BCUT2D eigenvalue weighted by Gasteiger charge is 2.24. The van der Waals surface area contributed by atoms with E-state index in [9.17, 15) is 17.6 Å². The van der Waals surface area contributed by atoms with Crippen molar-refractivity contribution < 1.29 is 29.9 Å². The fraction of sp³-hybridized carbons (Fsp3) is 0.346. The lowest BCUT2D eigenvalue weighted by atomic mass is 10.1. The molecule has 0 spiro atoms. The van der Waals surface area contributed by atoms with Crippen LogP contribution in [-0.4, -0.2) is 37.0 Å². The third-order valence-electron chi connectivity index (χ3n) is 5.11. The number of hydrogen-bond acceptors (Lipinski definition) is 7. The summed E-state index contributed by atoms with van der Waals surface area (Å²) in [6.45, 7) is 9.73. The van der Waals surface area contributed by atoms with Gasteiger partial charge in [0, 0.05) is 20.2 Å². The van der Waals surface area contributed by atoms with Gasteiger partial charge in [0.25, 0.3) is 15.9 Å². The Morgan fingerprint density at radius 2 is 1.86 bits per heavy atom. The van der Waals surface area contributed by atoms with Crippen LogP contribution in [0.2, 0.25) is 0 Å². The molecule has 3 rings (SSSR count). The Labute approximate surface area is 213 Å². The molecule has 0 bridgehead atoms. The molecule has 0 saturated heterocycles. The van der Waals surface area contributed by atoms with Crippen LogP contribution in [0.25, 0.3) is 11.3 Å². The number of halogens is 1. The van der Waals surface area contributed by atoms with Gasteiger partial charge in [-0.2, -0.15) is 8.42 Å². The van der Waals surface area contributed by atoms with Crippen molar-refractivity contribution in [2.45, 2.75) is 52.2 Å². The Kier molecular flexibility index (Phi) is 8.62. The molecule has 1 aromatic carbocycles. The van der Waals surface area contributed by atoms with Crippen LogP contribution in [0.1, 0.15) is 53.0 Å². The van der Waals surface area contributed by atoms with Gasteiger partial charge in [0.2, 0.25) is 5.88 Å². The number of aryl methyl sites for hydroxylation is 1. The molecular weight excluding hydrogens is 485 g/mol. The monoisotopic (exact) mass is 519 g/mol. The van der Waals surface area contributed by atoms with Crippen molar-refractivity contribution in [3.8, 4) is 22.9 Å². The molecule has 3 aromatic rings. The number of carbonyl (C=O) groups excluding carboxylic acids is 1. The standard InChI is InChI=1S/C26H30FN3O5S.2H2/c1-6-18(5)35-26-22(25(31)30-36(32,33)24-9-7-8-17(4)28-24)10-11-23(29-26)19-12-20(27)14-21(13-19)34-15-16(2)3;;/h7-14,16,18H,6,15H2,1-5H3,(H,30,31);2*1H/t18-;;/m0../s1. The minimum Gasteiger partial charge on any atom is -0.493 e. The number of benzene rings is 1. The number of carbonyl (C=O) groups is 1. The molecule has 2 heterocycles. The molecule has 8 nitrogen and oxygen atoms in total. The van der Waals surface area contributed by atoms with Crippen molar-refractivity contribution in [1.29, 1.82) is 0 Å². The Balaban J connectivity index is 0.00000361. The summed E-state index contributed by atoms with van der Waals surface area (Å²) in [6, 6.07) is 11.6. The molecule has 196 valence electrons. The number of pyridine rings is 2. The van der Waals surface area contributed by atoms with E-state index in [-0.39, 0.29) is 31.3 Å². The number of aromatic nitrogens is 2. The molecule has 36 heavy (non-hydrogen) atoms. The lowest BCUT2D eigenvalue weighted by Crippen LogP contribution is -2.32. The van der Waals surface area contributed by atoms with Crippen LogP contribution in [0.15, 0.2) is 53.6 Å². The van der Waals surface area contributed by atoms with Gasteiger partial charge in [0.15, 0.2) is 5.03 Å². The van der Waals surface area contributed by atoms with Crippen molar-refractivity contribution >= 4 is 15.9 Å². The van der Waals surface area contributed by atoms with E-state index in [4.69, 9.17) is 9.47 Å². The van der Waals surface area contributed by atoms with E-state index >= 15 is 0 Å². The predicted octanol–water partition coefficient (Wildman–Crippen LogP) is 5.41. The first-order chi connectivity index (χ1) is 17.0. The number of hydrogen-bond donors (Lipinski definition) is 1. The maximum Gasteiger partial charge on any atom is 0.281 e. The predicted molar refractivity (Wildman–Crippen MR) is 138 cm³/mol. The van der Waals surface area contributed by atoms with Gasteiger partial charge >= 0.3 is 0 Å². The van der Waals surface area contributed by atoms with Crippen LogP contribution < -0.4 is 14.2 Å². The molecule has 0 saturated carbocycles. The lowest BCUT2D eigenvalue weighted by Gasteiger charge is -2.16. The molecule has 1 N–H and O–H groups in total. The zero-order valence-corrected chi connectivity index (χ0v) is 21.7. The number of nitrogens with one attached hydrogen (secondary N) is 1. The van der Waals surface area contributed by atoms with Gasteiger partial charge in [-0.15, -0.1) is 0 Å². The molecule has 0 aliphatic heterocycles. The molecule has 0 unspecified atom stereocenters. The fourth-order valence-corrected chi connectivity index (χ4v) is 4.07. The second-order valence-electron chi connectivity index (χ2n) is 8.82. The molecule has 2 aromatic heterocycles. The summed E-state index contributed by atoms with van der Waals surface area (Å²) in [7, 11) is -4.23. The van der Waals surface area contributed by atoms with E-state index in [0.717, 1.165) is 0 Å². The van der Waals surface area contributed by atoms with Crippen molar-refractivity contribution in [1.82, 2.24) is 14.7 Å². The normalized spacial score (nSPS) is 12.3. The number of rotatable bonds is 10. The Hall–Kier alpha value is -3.53. The minimum absolute atomic E-state index is 0. The number of nitrogens with zero attached hydrogens (tertiary/aromatic N) is 2. The first kappa shape index (κ1) is 27.1. The average molecular weight is 520 g/mol. The minimum atomic E-state index is -4.23. The van der Waals surface area contributed by atoms with Gasteiger partial charge in [-0.25, -0.2) is 19.1 Å². The molecule has 0 aliphatic carbocycles. The Morgan fingerprint density at radius 1 is 1.11 bits per heavy atom. The molecule has 0 aliphatic rings. The maximum absolute atomic E-state index is 14.3. The number of amides is 1. The van der Waals surface area contributed by atoms with E-state index < -0.39 is 21.7 Å². The van der Waals surface area contributed by atoms with E-state index in [1.165, 1.54) is 36.4 Å². The zero-order chi connectivity index (χ0) is 26.5. The van der Waals surface area contributed by atoms with Crippen molar-refractivity contribution in [3.05, 3.63) is 65.6 Å². The van der Waals surface area contributed by atoms with Gasteiger partial charge in [0.1, 0.15) is 17.1 Å².